The molecule has 0 bridgehead atoms. The second-order valence-corrected chi connectivity index (χ2v) is 6.14. The standard InChI is InChI=1S/C20H33NO2/c1-4-6-8-10-16-21(17-11-9-7-5-2)20(22)18-12-14-19(23-3)15-13-18/h12-15H,4-11,16-17H2,1-3H3. The van der Waals surface area contributed by atoms with E-state index >= 15 is 0 Å². The van der Waals surface area contributed by atoms with Crippen LogP contribution in [-0.2, 0) is 0 Å². The minimum Gasteiger partial charge on any atom is -0.497 e. The molecular weight excluding hydrogens is 286 g/mol. The minimum atomic E-state index is 0.153. The maximum atomic E-state index is 12.8. The van der Waals surface area contributed by atoms with Gasteiger partial charge in [-0.2, -0.15) is 0 Å². The van der Waals surface area contributed by atoms with Crippen molar-refractivity contribution in [3.05, 3.63) is 29.8 Å². The lowest BCUT2D eigenvalue weighted by atomic mass is 10.1. The predicted octanol–water partition coefficient (Wildman–Crippen LogP) is 5.30. The molecule has 0 aliphatic heterocycles. The van der Waals surface area contributed by atoms with Crippen LogP contribution in [0.5, 0.6) is 5.75 Å². The van der Waals surface area contributed by atoms with Crippen molar-refractivity contribution in [2.75, 3.05) is 20.2 Å². The molecule has 0 aliphatic carbocycles. The summed E-state index contributed by atoms with van der Waals surface area (Å²) in [4.78, 5) is 14.8. The van der Waals surface area contributed by atoms with Crippen LogP contribution >= 0.6 is 0 Å². The molecule has 0 N–H and O–H groups in total. The van der Waals surface area contributed by atoms with Crippen molar-refractivity contribution in [1.82, 2.24) is 4.90 Å². The van der Waals surface area contributed by atoms with Gasteiger partial charge in [-0.3, -0.25) is 4.79 Å². The van der Waals surface area contributed by atoms with Gasteiger partial charge in [-0.05, 0) is 37.1 Å². The van der Waals surface area contributed by atoms with E-state index in [1.54, 1.807) is 7.11 Å². The predicted molar refractivity (Wildman–Crippen MR) is 97.2 cm³/mol. The molecule has 1 aromatic rings. The van der Waals surface area contributed by atoms with Crippen LogP contribution in [-0.4, -0.2) is 31.0 Å². The van der Waals surface area contributed by atoms with Crippen molar-refractivity contribution >= 4 is 5.91 Å². The summed E-state index contributed by atoms with van der Waals surface area (Å²) in [5.74, 6) is 0.944. The van der Waals surface area contributed by atoms with E-state index in [-0.39, 0.29) is 5.91 Å². The summed E-state index contributed by atoms with van der Waals surface area (Å²) in [5.41, 5.74) is 0.761. The lowest BCUT2D eigenvalue weighted by molar-refractivity contribution is 0.0749. The Labute approximate surface area is 142 Å². The Kier molecular flexibility index (Phi) is 10.2. The molecular formula is C20H33NO2. The molecule has 0 spiro atoms. The summed E-state index contributed by atoms with van der Waals surface area (Å²) in [6.45, 7) is 6.17. The number of methoxy groups -OCH3 is 1. The maximum Gasteiger partial charge on any atom is 0.253 e. The minimum absolute atomic E-state index is 0.153. The summed E-state index contributed by atoms with van der Waals surface area (Å²) in [6.07, 6.45) is 9.56. The number of unbranched alkanes of at least 4 members (excludes halogenated alkanes) is 6. The third-order valence-electron chi connectivity index (χ3n) is 4.19. The van der Waals surface area contributed by atoms with E-state index in [9.17, 15) is 4.79 Å². The molecule has 130 valence electrons. The maximum absolute atomic E-state index is 12.8. The number of benzene rings is 1. The second kappa shape index (κ2) is 12.0. The van der Waals surface area contributed by atoms with Gasteiger partial charge in [0.25, 0.3) is 5.91 Å². The van der Waals surface area contributed by atoms with Gasteiger partial charge in [0.1, 0.15) is 5.75 Å². The fourth-order valence-corrected chi connectivity index (χ4v) is 2.69. The average molecular weight is 319 g/mol. The number of hydrogen-bond donors (Lipinski definition) is 0. The van der Waals surface area contributed by atoms with E-state index in [1.807, 2.05) is 29.2 Å². The molecule has 3 heteroatoms. The monoisotopic (exact) mass is 319 g/mol. The number of carbonyl (C=O) groups is 1. The highest BCUT2D eigenvalue weighted by molar-refractivity contribution is 5.94. The van der Waals surface area contributed by atoms with E-state index < -0.39 is 0 Å². The summed E-state index contributed by atoms with van der Waals surface area (Å²) < 4.78 is 5.17. The molecule has 23 heavy (non-hydrogen) atoms. The van der Waals surface area contributed by atoms with Crippen LogP contribution in [0.2, 0.25) is 0 Å². The number of carbonyl (C=O) groups excluding carboxylic acids is 1. The number of amides is 1. The van der Waals surface area contributed by atoms with E-state index in [4.69, 9.17) is 4.74 Å². The molecule has 0 aliphatic rings. The molecule has 0 fully saturated rings. The molecule has 1 rings (SSSR count). The zero-order valence-corrected chi connectivity index (χ0v) is 15.1. The molecule has 0 unspecified atom stereocenters. The third-order valence-corrected chi connectivity index (χ3v) is 4.19. The fourth-order valence-electron chi connectivity index (χ4n) is 2.69. The lowest BCUT2D eigenvalue weighted by Crippen LogP contribution is -2.33. The molecule has 0 radical (unpaired) electrons. The van der Waals surface area contributed by atoms with Crippen LogP contribution in [0.1, 0.15) is 75.6 Å². The number of nitrogens with zero attached hydrogens (tertiary/aromatic N) is 1. The molecule has 1 amide bonds. The summed E-state index contributed by atoms with van der Waals surface area (Å²) in [6, 6.07) is 7.46. The van der Waals surface area contributed by atoms with Crippen LogP contribution in [0.3, 0.4) is 0 Å². The SMILES string of the molecule is CCCCCCN(CCCCCC)C(=O)c1ccc(OC)cc1. The van der Waals surface area contributed by atoms with Crippen LogP contribution in [0.15, 0.2) is 24.3 Å². The van der Waals surface area contributed by atoms with E-state index in [0.29, 0.717) is 0 Å². The van der Waals surface area contributed by atoms with Crippen molar-refractivity contribution in [3.8, 4) is 5.75 Å². The second-order valence-electron chi connectivity index (χ2n) is 6.14. The van der Waals surface area contributed by atoms with Crippen molar-refractivity contribution in [2.45, 2.75) is 65.2 Å². The van der Waals surface area contributed by atoms with Crippen LogP contribution in [0.25, 0.3) is 0 Å². The topological polar surface area (TPSA) is 29.5 Å². The summed E-state index contributed by atoms with van der Waals surface area (Å²) >= 11 is 0. The molecule has 1 aromatic carbocycles. The van der Waals surface area contributed by atoms with Gasteiger partial charge >= 0.3 is 0 Å². The normalized spacial score (nSPS) is 10.6. The Bertz CT molecular complexity index is 416. The Balaban J connectivity index is 2.60. The van der Waals surface area contributed by atoms with Crippen LogP contribution < -0.4 is 4.74 Å². The highest BCUT2D eigenvalue weighted by atomic mass is 16.5. The van der Waals surface area contributed by atoms with E-state index in [1.165, 1.54) is 38.5 Å². The zero-order valence-electron chi connectivity index (χ0n) is 15.1. The molecule has 0 aromatic heterocycles. The van der Waals surface area contributed by atoms with E-state index in [0.717, 1.165) is 37.2 Å². The van der Waals surface area contributed by atoms with Crippen molar-refractivity contribution in [3.63, 3.8) is 0 Å². The van der Waals surface area contributed by atoms with Crippen molar-refractivity contribution in [2.24, 2.45) is 0 Å². The number of ether oxygens (including phenoxy) is 1. The largest absolute Gasteiger partial charge is 0.497 e. The van der Waals surface area contributed by atoms with Gasteiger partial charge in [0.15, 0.2) is 0 Å². The van der Waals surface area contributed by atoms with Gasteiger partial charge in [-0.15, -0.1) is 0 Å². The molecule has 0 heterocycles. The summed E-state index contributed by atoms with van der Waals surface area (Å²) in [5, 5.41) is 0. The highest BCUT2D eigenvalue weighted by Crippen LogP contribution is 2.15. The smallest absolute Gasteiger partial charge is 0.253 e. The number of hydrogen-bond acceptors (Lipinski definition) is 2. The van der Waals surface area contributed by atoms with Crippen molar-refractivity contribution in [1.29, 1.82) is 0 Å². The van der Waals surface area contributed by atoms with Gasteiger partial charge in [-0.1, -0.05) is 52.4 Å². The first-order valence-corrected chi connectivity index (χ1v) is 9.16. The van der Waals surface area contributed by atoms with Gasteiger partial charge < -0.3 is 9.64 Å². The average Bonchev–Trinajstić information content (AvgIpc) is 2.60. The fraction of sp³-hybridized carbons (Fsp3) is 0.650. The lowest BCUT2D eigenvalue weighted by Gasteiger charge is -2.23. The first-order valence-electron chi connectivity index (χ1n) is 9.16. The zero-order chi connectivity index (χ0) is 16.9. The molecule has 0 saturated carbocycles. The van der Waals surface area contributed by atoms with Gasteiger partial charge in [0, 0.05) is 18.7 Å². The van der Waals surface area contributed by atoms with Crippen LogP contribution in [0.4, 0.5) is 0 Å². The van der Waals surface area contributed by atoms with Gasteiger partial charge in [0.05, 0.1) is 7.11 Å². The highest BCUT2D eigenvalue weighted by Gasteiger charge is 2.15. The Morgan fingerprint density at radius 3 is 1.83 bits per heavy atom. The molecule has 0 saturated heterocycles. The van der Waals surface area contributed by atoms with Crippen LogP contribution in [0, 0.1) is 0 Å². The molecule has 0 atom stereocenters. The Hall–Kier alpha value is -1.51. The van der Waals surface area contributed by atoms with Gasteiger partial charge in [0.2, 0.25) is 0 Å². The Morgan fingerprint density at radius 1 is 0.870 bits per heavy atom. The molecule has 3 nitrogen and oxygen atoms in total. The Morgan fingerprint density at radius 2 is 1.39 bits per heavy atom. The van der Waals surface area contributed by atoms with Gasteiger partial charge in [-0.25, -0.2) is 0 Å². The quantitative estimate of drug-likeness (QED) is 0.489. The first kappa shape index (κ1) is 19.5. The summed E-state index contributed by atoms with van der Waals surface area (Å²) in [7, 11) is 1.64. The number of rotatable bonds is 12. The van der Waals surface area contributed by atoms with Crippen molar-refractivity contribution < 1.29 is 9.53 Å². The first-order chi connectivity index (χ1) is 11.2. The third kappa shape index (κ3) is 7.54. The van der Waals surface area contributed by atoms with E-state index in [2.05, 4.69) is 13.8 Å².